The molecule has 0 atom stereocenters. The molecular weight excluding hydrogens is 372 g/mol. The Morgan fingerprint density at radius 3 is 2.36 bits per heavy atom. The molecule has 0 bridgehead atoms. The highest BCUT2D eigenvalue weighted by molar-refractivity contribution is 9.10. The highest BCUT2D eigenvalue weighted by atomic mass is 79.9. The van der Waals surface area contributed by atoms with Crippen LogP contribution in [0, 0.1) is 0 Å². The summed E-state index contributed by atoms with van der Waals surface area (Å²) in [6, 6.07) is 6.94. The zero-order chi connectivity index (χ0) is 15.5. The summed E-state index contributed by atoms with van der Waals surface area (Å²) in [7, 11) is 1.87. The first-order chi connectivity index (χ1) is 10.1. The summed E-state index contributed by atoms with van der Waals surface area (Å²) in [4.78, 5) is 23.1. The van der Waals surface area contributed by atoms with E-state index in [9.17, 15) is 9.59 Å². The third-order valence-corrected chi connectivity index (χ3v) is 3.19. The molecule has 0 aliphatic carbocycles. The third-order valence-electron chi connectivity index (χ3n) is 2.67. The zero-order valence-electron chi connectivity index (χ0n) is 12.4. The minimum absolute atomic E-state index is 0. The molecule has 1 aromatic carbocycles. The van der Waals surface area contributed by atoms with Crippen LogP contribution in [0.3, 0.4) is 0 Å². The molecule has 1 rings (SSSR count). The standard InChI is InChI=1S/C14H21BrN4O2.ClH/c1-16-8-2-9-17-13(20)7-10-18-14(21)19-12-5-3-11(15)4-6-12;/h3-6,16H,2,7-10H2,1H3,(H,17,20)(H2,18,19,21);1H. The quantitative estimate of drug-likeness (QED) is 0.511. The second-order valence-corrected chi connectivity index (χ2v) is 5.36. The van der Waals surface area contributed by atoms with E-state index in [1.165, 1.54) is 0 Å². The highest BCUT2D eigenvalue weighted by Crippen LogP contribution is 2.13. The number of nitrogens with one attached hydrogen (secondary N) is 4. The average molecular weight is 394 g/mol. The molecule has 3 amide bonds. The van der Waals surface area contributed by atoms with Crippen molar-refractivity contribution in [1.29, 1.82) is 0 Å². The maximum atomic E-state index is 11.6. The molecule has 0 aliphatic heterocycles. The first-order valence-corrected chi connectivity index (χ1v) is 7.63. The Balaban J connectivity index is 0.00000441. The number of hydrogen-bond acceptors (Lipinski definition) is 3. The van der Waals surface area contributed by atoms with Crippen LogP contribution in [-0.4, -0.2) is 38.6 Å². The van der Waals surface area contributed by atoms with Gasteiger partial charge in [0.25, 0.3) is 0 Å². The van der Waals surface area contributed by atoms with Crippen LogP contribution >= 0.6 is 28.3 Å². The fraction of sp³-hybridized carbons (Fsp3) is 0.429. The van der Waals surface area contributed by atoms with Crippen molar-refractivity contribution in [3.63, 3.8) is 0 Å². The van der Waals surface area contributed by atoms with Crippen LogP contribution < -0.4 is 21.3 Å². The number of urea groups is 1. The number of carbonyl (C=O) groups is 2. The number of hydrogen-bond donors (Lipinski definition) is 4. The summed E-state index contributed by atoms with van der Waals surface area (Å²) < 4.78 is 0.948. The maximum Gasteiger partial charge on any atom is 0.319 e. The Bertz CT molecular complexity index is 457. The fourth-order valence-corrected chi connectivity index (χ4v) is 1.84. The van der Waals surface area contributed by atoms with Crippen molar-refractivity contribution in [3.8, 4) is 0 Å². The minimum atomic E-state index is -0.319. The predicted octanol–water partition coefficient (Wildman–Crippen LogP) is 2.11. The first-order valence-electron chi connectivity index (χ1n) is 6.83. The minimum Gasteiger partial charge on any atom is -0.356 e. The number of amides is 3. The van der Waals surface area contributed by atoms with Crippen LogP contribution in [0.1, 0.15) is 12.8 Å². The van der Waals surface area contributed by atoms with Crippen LogP contribution in [0.15, 0.2) is 28.7 Å². The Hall–Kier alpha value is -1.31. The summed E-state index contributed by atoms with van der Waals surface area (Å²) >= 11 is 3.32. The number of anilines is 1. The van der Waals surface area contributed by atoms with Gasteiger partial charge in [0.15, 0.2) is 0 Å². The van der Waals surface area contributed by atoms with E-state index in [0.717, 1.165) is 17.4 Å². The van der Waals surface area contributed by atoms with E-state index in [2.05, 4.69) is 37.2 Å². The Kier molecular flexibility index (Phi) is 11.5. The van der Waals surface area contributed by atoms with Gasteiger partial charge in [-0.25, -0.2) is 4.79 Å². The lowest BCUT2D eigenvalue weighted by molar-refractivity contribution is -0.120. The van der Waals surface area contributed by atoms with Gasteiger partial charge in [0.1, 0.15) is 0 Å². The predicted molar refractivity (Wildman–Crippen MR) is 94.6 cm³/mol. The summed E-state index contributed by atoms with van der Waals surface area (Å²) in [5.74, 6) is -0.0601. The molecule has 22 heavy (non-hydrogen) atoms. The van der Waals surface area contributed by atoms with Crippen LogP contribution in [0.25, 0.3) is 0 Å². The van der Waals surface area contributed by atoms with E-state index in [4.69, 9.17) is 0 Å². The van der Waals surface area contributed by atoms with E-state index in [1.807, 2.05) is 19.2 Å². The van der Waals surface area contributed by atoms with E-state index >= 15 is 0 Å². The molecule has 0 fully saturated rings. The molecule has 1 aromatic rings. The Morgan fingerprint density at radius 1 is 1.05 bits per heavy atom. The van der Waals surface area contributed by atoms with Crippen molar-refractivity contribution >= 4 is 46.0 Å². The molecule has 124 valence electrons. The normalized spacial score (nSPS) is 9.55. The van der Waals surface area contributed by atoms with Crippen LogP contribution in [0.2, 0.25) is 0 Å². The molecule has 0 aromatic heterocycles. The lowest BCUT2D eigenvalue weighted by atomic mass is 10.3. The molecular formula is C14H22BrClN4O2. The molecule has 8 heteroatoms. The van der Waals surface area contributed by atoms with Crippen molar-refractivity contribution in [2.45, 2.75) is 12.8 Å². The van der Waals surface area contributed by atoms with E-state index in [0.29, 0.717) is 18.8 Å². The van der Waals surface area contributed by atoms with Gasteiger partial charge in [0.05, 0.1) is 0 Å². The average Bonchev–Trinajstić information content (AvgIpc) is 2.46. The largest absolute Gasteiger partial charge is 0.356 e. The maximum absolute atomic E-state index is 11.6. The molecule has 0 saturated heterocycles. The second kappa shape index (κ2) is 12.3. The summed E-state index contributed by atoms with van der Waals surface area (Å²) in [5, 5.41) is 11.1. The second-order valence-electron chi connectivity index (χ2n) is 4.44. The van der Waals surface area contributed by atoms with Crippen LogP contribution in [0.4, 0.5) is 10.5 Å². The Labute approximate surface area is 145 Å². The molecule has 4 N–H and O–H groups in total. The third kappa shape index (κ3) is 9.59. The lowest BCUT2D eigenvalue weighted by Gasteiger charge is -2.08. The van der Waals surface area contributed by atoms with Gasteiger partial charge in [-0.15, -0.1) is 12.4 Å². The van der Waals surface area contributed by atoms with Gasteiger partial charge in [0.2, 0.25) is 5.91 Å². The highest BCUT2D eigenvalue weighted by Gasteiger charge is 2.04. The number of benzene rings is 1. The van der Waals surface area contributed by atoms with Gasteiger partial charge in [0, 0.05) is 29.7 Å². The molecule has 0 spiro atoms. The lowest BCUT2D eigenvalue weighted by Crippen LogP contribution is -2.34. The van der Waals surface area contributed by atoms with Crippen LogP contribution in [-0.2, 0) is 4.79 Å². The van der Waals surface area contributed by atoms with Crippen molar-refractivity contribution < 1.29 is 9.59 Å². The molecule has 0 unspecified atom stereocenters. The topological polar surface area (TPSA) is 82.3 Å². The van der Waals surface area contributed by atoms with Crippen molar-refractivity contribution in [2.24, 2.45) is 0 Å². The monoisotopic (exact) mass is 392 g/mol. The SMILES string of the molecule is CNCCCNC(=O)CCNC(=O)Nc1ccc(Br)cc1.Cl. The van der Waals surface area contributed by atoms with Gasteiger partial charge in [-0.05, 0) is 44.3 Å². The van der Waals surface area contributed by atoms with Gasteiger partial charge in [-0.2, -0.15) is 0 Å². The van der Waals surface area contributed by atoms with Crippen molar-refractivity contribution in [2.75, 3.05) is 32.0 Å². The molecule has 0 heterocycles. The number of carbonyl (C=O) groups excluding carboxylic acids is 2. The van der Waals surface area contributed by atoms with Gasteiger partial charge in [-0.1, -0.05) is 15.9 Å². The number of rotatable bonds is 8. The number of halogens is 2. The molecule has 0 aliphatic rings. The van der Waals surface area contributed by atoms with E-state index in [1.54, 1.807) is 12.1 Å². The fourth-order valence-electron chi connectivity index (χ4n) is 1.58. The Morgan fingerprint density at radius 2 is 1.73 bits per heavy atom. The molecule has 0 saturated carbocycles. The molecule has 0 radical (unpaired) electrons. The van der Waals surface area contributed by atoms with Gasteiger partial charge < -0.3 is 21.3 Å². The summed E-state index contributed by atoms with van der Waals surface area (Å²) in [6.07, 6.45) is 1.16. The first kappa shape index (κ1) is 20.7. The van der Waals surface area contributed by atoms with Gasteiger partial charge in [-0.3, -0.25) is 4.79 Å². The summed E-state index contributed by atoms with van der Waals surface area (Å²) in [6.45, 7) is 1.82. The van der Waals surface area contributed by atoms with Crippen LogP contribution in [0.5, 0.6) is 0 Å². The zero-order valence-corrected chi connectivity index (χ0v) is 14.9. The van der Waals surface area contributed by atoms with Crippen molar-refractivity contribution in [3.05, 3.63) is 28.7 Å². The summed E-state index contributed by atoms with van der Waals surface area (Å²) in [5.41, 5.74) is 0.701. The molecule has 6 nitrogen and oxygen atoms in total. The van der Waals surface area contributed by atoms with E-state index < -0.39 is 0 Å². The van der Waals surface area contributed by atoms with Gasteiger partial charge >= 0.3 is 6.03 Å². The van der Waals surface area contributed by atoms with E-state index in [-0.39, 0.29) is 30.8 Å². The van der Waals surface area contributed by atoms with Crippen molar-refractivity contribution in [1.82, 2.24) is 16.0 Å². The smallest absolute Gasteiger partial charge is 0.319 e.